The maximum absolute atomic E-state index is 9.03. The second-order valence-electron chi connectivity index (χ2n) is 1.07. The summed E-state index contributed by atoms with van der Waals surface area (Å²) in [4.78, 5) is 0. The van der Waals surface area contributed by atoms with E-state index in [2.05, 4.69) is 20.6 Å². The Hall–Kier alpha value is -0.917. The maximum Gasteiger partial charge on any atom is 0.0332 e. The van der Waals surface area contributed by atoms with E-state index in [1.165, 1.54) is 0 Å². The van der Waals surface area contributed by atoms with Gasteiger partial charge in [-0.15, -0.1) is 0 Å². The van der Waals surface area contributed by atoms with Crippen LogP contribution in [0.1, 0.15) is 0 Å². The van der Waals surface area contributed by atoms with Gasteiger partial charge in [-0.3, -0.25) is 0 Å². The first kappa shape index (κ1) is 19.6. The molecule has 91 valence electrons. The van der Waals surface area contributed by atoms with Gasteiger partial charge in [0.05, 0.1) is 0 Å². The number of nitrogens with zero attached hydrogens (tertiary/aromatic N) is 4. The van der Waals surface area contributed by atoms with Gasteiger partial charge in [0.1, 0.15) is 0 Å². The predicted octanol–water partition coefficient (Wildman–Crippen LogP) is 1.62. The van der Waals surface area contributed by atoms with Crippen molar-refractivity contribution in [2.45, 2.75) is 0 Å². The fourth-order valence-electron chi connectivity index (χ4n) is 0.109. The average Bonchev–Trinajstić information content (AvgIpc) is 2.25. The van der Waals surface area contributed by atoms with E-state index >= 15 is 0 Å². The molecule has 0 aromatic rings. The fraction of sp³-hybridized carbons (Fsp3) is 0. The largest absolute Gasteiger partial charge is 0.792 e. The summed E-state index contributed by atoms with van der Waals surface area (Å²) in [5, 5.41) is 44.9. The topological polar surface area (TPSA) is 142 Å². The van der Waals surface area contributed by atoms with Gasteiger partial charge < -0.3 is 41.5 Å². The third-order valence-corrected chi connectivity index (χ3v) is 0.377. The molecular weight excluding hydrogens is 342 g/mol. The summed E-state index contributed by atoms with van der Waals surface area (Å²) in [7, 11) is 9.67. The van der Waals surface area contributed by atoms with Gasteiger partial charge in [-0.1, -0.05) is 0 Å². The van der Waals surface area contributed by atoms with Crippen LogP contribution >= 0.6 is 19.4 Å². The molecule has 0 unspecified atom stereocenters. The molecular formula is C4H4Cl2N4O4Rh-4. The van der Waals surface area contributed by atoms with E-state index in [1.807, 2.05) is 0 Å². The molecule has 0 saturated heterocycles. The van der Waals surface area contributed by atoms with Gasteiger partial charge in [0.15, 0.2) is 0 Å². The Bertz CT molecular complexity index is 161. The predicted molar refractivity (Wildman–Crippen MR) is 59.1 cm³/mol. The summed E-state index contributed by atoms with van der Waals surface area (Å²) in [6.45, 7) is 0. The van der Waals surface area contributed by atoms with Crippen molar-refractivity contribution in [3.8, 4) is 0 Å². The van der Waals surface area contributed by atoms with E-state index in [1.54, 1.807) is 0 Å². The molecule has 0 rings (SSSR count). The maximum atomic E-state index is 9.03. The van der Waals surface area contributed by atoms with Gasteiger partial charge in [0.25, 0.3) is 0 Å². The third kappa shape index (κ3) is 62.2. The van der Waals surface area contributed by atoms with Gasteiger partial charge in [-0.2, -0.15) is 0 Å². The molecule has 0 amide bonds. The molecule has 0 aliphatic rings. The van der Waals surface area contributed by atoms with Crippen LogP contribution in [0.25, 0.3) is 0 Å². The van der Waals surface area contributed by atoms with Crippen molar-refractivity contribution in [1.29, 1.82) is 0 Å². The molecule has 11 heteroatoms. The van der Waals surface area contributed by atoms with Gasteiger partial charge in [0.2, 0.25) is 0 Å². The van der Waals surface area contributed by atoms with Crippen molar-refractivity contribution in [3.63, 3.8) is 0 Å². The SMILES string of the molecule is [Cl][Rh][Cl].[O-]N=CC=N[O-].[O-]N=CC=N[O-]. The first-order chi connectivity index (χ1) is 7.24. The van der Waals surface area contributed by atoms with Crippen molar-refractivity contribution in [2.24, 2.45) is 20.6 Å². The standard InChI is InChI=1S/2C2H4N2O2.2ClH.Rh/c2*5-3-1-2-4-6;;;/h2*1-2,5-6H;2*1H;/q;;;;+2/p-6. The van der Waals surface area contributed by atoms with Crippen LogP contribution < -0.4 is 0 Å². The zero-order valence-corrected chi connectivity index (χ0v) is 9.97. The summed E-state index contributed by atoms with van der Waals surface area (Å²) >= 11 is -0.226. The summed E-state index contributed by atoms with van der Waals surface area (Å²) in [5.74, 6) is 0. The Morgan fingerprint density at radius 1 is 0.667 bits per heavy atom. The van der Waals surface area contributed by atoms with Crippen LogP contribution in [0.5, 0.6) is 0 Å². The minimum Gasteiger partial charge on any atom is -0.792 e. The van der Waals surface area contributed by atoms with Crippen LogP contribution in [-0.4, -0.2) is 24.9 Å². The van der Waals surface area contributed by atoms with E-state index < -0.39 is 0 Å². The summed E-state index contributed by atoms with van der Waals surface area (Å²) < 4.78 is 0. The molecule has 0 radical (unpaired) electrons. The quantitative estimate of drug-likeness (QED) is 0.425. The molecule has 0 heterocycles. The summed E-state index contributed by atoms with van der Waals surface area (Å²) in [5.41, 5.74) is 0. The molecule has 15 heavy (non-hydrogen) atoms. The van der Waals surface area contributed by atoms with Gasteiger partial charge in [0, 0.05) is 24.9 Å². The first-order valence-corrected chi connectivity index (χ1v) is 6.90. The minimum absolute atomic E-state index is 0.226. The van der Waals surface area contributed by atoms with Crippen molar-refractivity contribution < 1.29 is 15.1 Å². The van der Waals surface area contributed by atoms with Crippen LogP contribution in [0.3, 0.4) is 0 Å². The minimum atomic E-state index is -0.226. The molecule has 0 N–H and O–H groups in total. The molecule has 0 saturated carbocycles. The monoisotopic (exact) mass is 345 g/mol. The molecule has 0 aliphatic heterocycles. The second kappa shape index (κ2) is 29.2. The molecule has 0 aromatic carbocycles. The molecule has 0 bridgehead atoms. The van der Waals surface area contributed by atoms with Gasteiger partial charge in [-0.25, -0.2) is 0 Å². The van der Waals surface area contributed by atoms with E-state index in [0.717, 1.165) is 24.9 Å². The number of hydrogen-bond acceptors (Lipinski definition) is 8. The van der Waals surface area contributed by atoms with Crippen molar-refractivity contribution in [1.82, 2.24) is 0 Å². The normalized spacial score (nSPS) is 10.5. The zero-order valence-electron chi connectivity index (χ0n) is 6.82. The fourth-order valence-corrected chi connectivity index (χ4v) is 0.109. The van der Waals surface area contributed by atoms with Crippen molar-refractivity contribution >= 4 is 44.2 Å². The Labute approximate surface area is 101 Å². The second-order valence-corrected chi connectivity index (χ2v) is 3.55. The molecule has 0 aromatic heterocycles. The molecule has 0 aliphatic carbocycles. The Morgan fingerprint density at radius 3 is 0.867 bits per heavy atom. The van der Waals surface area contributed by atoms with Gasteiger partial charge >= 0.3 is 34.5 Å². The molecule has 8 nitrogen and oxygen atoms in total. The number of hydrogen-bond donors (Lipinski definition) is 0. The van der Waals surface area contributed by atoms with Crippen LogP contribution in [0.15, 0.2) is 20.6 Å². The van der Waals surface area contributed by atoms with Gasteiger partial charge in [-0.05, 0) is 0 Å². The van der Waals surface area contributed by atoms with Crippen LogP contribution in [0.4, 0.5) is 0 Å². The van der Waals surface area contributed by atoms with E-state index in [4.69, 9.17) is 40.2 Å². The molecule has 0 fully saturated rings. The first-order valence-electron chi connectivity index (χ1n) is 2.68. The number of halogens is 2. The third-order valence-electron chi connectivity index (χ3n) is 0.377. The zero-order chi connectivity index (χ0) is 12.4. The van der Waals surface area contributed by atoms with Crippen LogP contribution in [0, 0.1) is 20.8 Å². The average molecular weight is 346 g/mol. The van der Waals surface area contributed by atoms with Crippen molar-refractivity contribution in [3.05, 3.63) is 20.8 Å². The Balaban J connectivity index is -0.000000153. The Morgan fingerprint density at radius 2 is 0.800 bits per heavy atom. The van der Waals surface area contributed by atoms with E-state index in [0.29, 0.717) is 0 Å². The smallest absolute Gasteiger partial charge is 0.0332 e. The number of rotatable bonds is 2. The Kier molecular flexibility index (Phi) is 38.2. The van der Waals surface area contributed by atoms with E-state index in [-0.39, 0.29) is 15.1 Å². The summed E-state index contributed by atoms with van der Waals surface area (Å²) in [6.07, 6.45) is 3.08. The van der Waals surface area contributed by atoms with Crippen LogP contribution in [-0.2, 0) is 15.1 Å². The van der Waals surface area contributed by atoms with Crippen LogP contribution in [0.2, 0.25) is 0 Å². The molecule has 0 spiro atoms. The van der Waals surface area contributed by atoms with Crippen molar-refractivity contribution in [2.75, 3.05) is 0 Å². The van der Waals surface area contributed by atoms with E-state index in [9.17, 15) is 0 Å². The summed E-state index contributed by atoms with van der Waals surface area (Å²) in [6, 6.07) is 0. The molecule has 0 atom stereocenters.